The number of carbonyl (C=O) groups excluding carboxylic acids is 4. The second-order valence-electron chi connectivity index (χ2n) is 6.05. The lowest BCUT2D eigenvalue weighted by atomic mass is 10.1. The number of nitriles is 1. The smallest absolute Gasteiger partial charge is 0.245 e. The lowest BCUT2D eigenvalue weighted by Crippen LogP contribution is -2.49. The van der Waals surface area contributed by atoms with Gasteiger partial charge in [0.2, 0.25) is 17.7 Å². The van der Waals surface area contributed by atoms with Gasteiger partial charge < -0.3 is 24.6 Å². The molecule has 3 unspecified atom stereocenters. The van der Waals surface area contributed by atoms with Gasteiger partial charge in [-0.05, 0) is 13.3 Å². The lowest BCUT2D eigenvalue weighted by Gasteiger charge is -2.25. The number of carbonyl (C=O) groups is 4. The van der Waals surface area contributed by atoms with Crippen LogP contribution in [0.3, 0.4) is 0 Å². The predicted octanol–water partition coefficient (Wildman–Crippen LogP) is -1.07. The highest BCUT2D eigenvalue weighted by atomic mass is 16.5. The Morgan fingerprint density at radius 2 is 2.16 bits per heavy atom. The van der Waals surface area contributed by atoms with E-state index in [1.54, 1.807) is 0 Å². The Morgan fingerprint density at radius 1 is 1.48 bits per heavy atom. The molecule has 138 valence electrons. The van der Waals surface area contributed by atoms with Gasteiger partial charge in [0.25, 0.3) is 0 Å². The van der Waals surface area contributed by atoms with Crippen LogP contribution in [0, 0.1) is 17.2 Å². The zero-order valence-corrected chi connectivity index (χ0v) is 14.7. The molecule has 0 saturated carbocycles. The van der Waals surface area contributed by atoms with E-state index in [9.17, 15) is 19.2 Å². The summed E-state index contributed by atoms with van der Waals surface area (Å²) in [6.07, 6.45) is 1.20. The highest BCUT2D eigenvalue weighted by molar-refractivity contribution is 5.90. The summed E-state index contributed by atoms with van der Waals surface area (Å²) in [7, 11) is 2.93. The number of hydrogen-bond acceptors (Lipinski definition) is 6. The zero-order valence-electron chi connectivity index (χ0n) is 14.7. The summed E-state index contributed by atoms with van der Waals surface area (Å²) < 4.78 is 4.79. The number of likely N-dealkylation sites (tertiary alicyclic amines) is 1. The molecule has 1 aliphatic heterocycles. The van der Waals surface area contributed by atoms with Crippen LogP contribution in [-0.4, -0.2) is 79.7 Å². The molecular formula is C16H24N4O5. The van der Waals surface area contributed by atoms with Gasteiger partial charge >= 0.3 is 0 Å². The van der Waals surface area contributed by atoms with Crippen molar-refractivity contribution < 1.29 is 23.9 Å². The Balaban J connectivity index is 2.56. The van der Waals surface area contributed by atoms with E-state index in [0.717, 1.165) is 6.29 Å². The number of hydrogen-bond donors (Lipinski definition) is 1. The van der Waals surface area contributed by atoms with Gasteiger partial charge in [-0.15, -0.1) is 0 Å². The lowest BCUT2D eigenvalue weighted by molar-refractivity contribution is -0.141. The molecule has 0 bridgehead atoms. The second kappa shape index (κ2) is 9.74. The van der Waals surface area contributed by atoms with Gasteiger partial charge in [-0.1, -0.05) is 0 Å². The minimum Gasteiger partial charge on any atom is -0.384 e. The van der Waals surface area contributed by atoms with Crippen LogP contribution >= 0.6 is 0 Å². The predicted molar refractivity (Wildman–Crippen MR) is 87.0 cm³/mol. The number of nitrogens with one attached hydrogen (secondary N) is 1. The maximum atomic E-state index is 12.3. The minimum absolute atomic E-state index is 0.140. The Labute approximate surface area is 146 Å². The van der Waals surface area contributed by atoms with Crippen LogP contribution in [-0.2, 0) is 23.9 Å². The summed E-state index contributed by atoms with van der Waals surface area (Å²) in [6, 6.07) is 0.567. The molecule has 3 amide bonds. The highest BCUT2D eigenvalue weighted by Gasteiger charge is 2.36. The number of nitrogens with zero attached hydrogens (tertiary/aromatic N) is 3. The van der Waals surface area contributed by atoms with Gasteiger partial charge in [0.05, 0.1) is 19.2 Å². The van der Waals surface area contributed by atoms with Crippen molar-refractivity contribution in [3.63, 3.8) is 0 Å². The topological polar surface area (TPSA) is 120 Å². The van der Waals surface area contributed by atoms with Crippen LogP contribution in [0.25, 0.3) is 0 Å². The maximum absolute atomic E-state index is 12.3. The van der Waals surface area contributed by atoms with Gasteiger partial charge in [-0.2, -0.15) is 5.26 Å². The third-order valence-corrected chi connectivity index (χ3v) is 4.03. The van der Waals surface area contributed by atoms with Crippen molar-refractivity contribution >= 4 is 24.0 Å². The van der Waals surface area contributed by atoms with Crippen LogP contribution in [0.5, 0.6) is 0 Å². The van der Waals surface area contributed by atoms with Crippen LogP contribution in [0.1, 0.15) is 19.8 Å². The van der Waals surface area contributed by atoms with Crippen LogP contribution in [0.4, 0.5) is 0 Å². The average molecular weight is 352 g/mol. The van der Waals surface area contributed by atoms with Crippen LogP contribution in [0.2, 0.25) is 0 Å². The molecule has 1 fully saturated rings. The van der Waals surface area contributed by atoms with Crippen molar-refractivity contribution in [2.75, 3.05) is 33.9 Å². The zero-order chi connectivity index (χ0) is 19.0. The Bertz CT molecular complexity index is 559. The van der Waals surface area contributed by atoms with E-state index in [4.69, 9.17) is 10.00 Å². The summed E-state index contributed by atoms with van der Waals surface area (Å²) in [5.41, 5.74) is 0. The molecule has 1 saturated heterocycles. The van der Waals surface area contributed by atoms with Gasteiger partial charge in [0.1, 0.15) is 18.4 Å². The van der Waals surface area contributed by atoms with Crippen molar-refractivity contribution in [1.82, 2.24) is 15.1 Å². The van der Waals surface area contributed by atoms with E-state index in [1.807, 2.05) is 6.07 Å². The van der Waals surface area contributed by atoms with E-state index >= 15 is 0 Å². The number of methoxy groups -OCH3 is 1. The third-order valence-electron chi connectivity index (χ3n) is 4.03. The Hall–Kier alpha value is -2.47. The summed E-state index contributed by atoms with van der Waals surface area (Å²) >= 11 is 0. The van der Waals surface area contributed by atoms with Crippen molar-refractivity contribution in [2.45, 2.75) is 31.8 Å². The first-order valence-electron chi connectivity index (χ1n) is 8.01. The first-order valence-corrected chi connectivity index (χ1v) is 8.01. The summed E-state index contributed by atoms with van der Waals surface area (Å²) in [6.45, 7) is 1.75. The molecule has 1 rings (SSSR count). The van der Waals surface area contributed by atoms with E-state index in [-0.39, 0.29) is 37.9 Å². The fourth-order valence-electron chi connectivity index (χ4n) is 2.64. The molecule has 0 aliphatic carbocycles. The summed E-state index contributed by atoms with van der Waals surface area (Å²) in [5.74, 6) is -1.49. The number of likely N-dealkylation sites (N-methyl/N-ethyl adjacent to an activating group) is 1. The fourth-order valence-corrected chi connectivity index (χ4v) is 2.64. The van der Waals surface area contributed by atoms with Crippen molar-refractivity contribution in [3.05, 3.63) is 0 Å². The van der Waals surface area contributed by atoms with Crippen molar-refractivity contribution in [2.24, 2.45) is 5.92 Å². The number of rotatable bonds is 8. The SMILES string of the molecule is COCCC(=O)NC(C)C(=O)N(C)CC(=O)N1CC(C=O)CC1C#N. The van der Waals surface area contributed by atoms with E-state index in [0.29, 0.717) is 6.42 Å². The maximum Gasteiger partial charge on any atom is 0.245 e. The molecule has 3 atom stereocenters. The van der Waals surface area contributed by atoms with Gasteiger partial charge in [0, 0.05) is 33.0 Å². The van der Waals surface area contributed by atoms with E-state index in [2.05, 4.69) is 5.32 Å². The van der Waals surface area contributed by atoms with Gasteiger partial charge in [0.15, 0.2) is 0 Å². The molecule has 0 radical (unpaired) electrons. The van der Waals surface area contributed by atoms with Crippen molar-refractivity contribution in [3.8, 4) is 6.07 Å². The number of ether oxygens (including phenoxy) is 1. The van der Waals surface area contributed by atoms with Gasteiger partial charge in [-0.3, -0.25) is 14.4 Å². The standard InChI is InChI=1S/C16H24N4O5/c1-11(18-14(22)4-5-25-3)16(24)19(2)9-15(23)20-8-12(10-21)6-13(20)7-17/h10-13H,4-6,8-9H2,1-3H3,(H,18,22). The largest absolute Gasteiger partial charge is 0.384 e. The molecule has 25 heavy (non-hydrogen) atoms. The third kappa shape index (κ3) is 5.83. The minimum atomic E-state index is -0.782. The summed E-state index contributed by atoms with van der Waals surface area (Å²) in [5, 5.41) is 11.6. The molecule has 0 aromatic rings. The average Bonchev–Trinajstić information content (AvgIpc) is 3.02. The molecule has 9 nitrogen and oxygen atoms in total. The molecule has 1 N–H and O–H groups in total. The second-order valence-corrected chi connectivity index (χ2v) is 6.05. The quantitative estimate of drug-likeness (QED) is 0.555. The molecule has 0 aromatic heterocycles. The highest BCUT2D eigenvalue weighted by Crippen LogP contribution is 2.21. The Morgan fingerprint density at radius 3 is 2.72 bits per heavy atom. The molecule has 0 aromatic carbocycles. The molecule has 0 spiro atoms. The molecule has 9 heteroatoms. The van der Waals surface area contributed by atoms with Crippen molar-refractivity contribution in [1.29, 1.82) is 5.26 Å². The molecule has 1 aliphatic rings. The summed E-state index contributed by atoms with van der Waals surface area (Å²) in [4.78, 5) is 49.6. The van der Waals surface area contributed by atoms with Crippen LogP contribution in [0.15, 0.2) is 0 Å². The Kier molecular flexibility index (Phi) is 8.01. The fraction of sp³-hybridized carbons (Fsp3) is 0.688. The molecular weight excluding hydrogens is 328 g/mol. The normalized spacial score (nSPS) is 20.5. The van der Waals surface area contributed by atoms with Crippen LogP contribution < -0.4 is 5.32 Å². The first kappa shape index (κ1) is 20.6. The monoisotopic (exact) mass is 352 g/mol. The first-order chi connectivity index (χ1) is 11.8. The van der Waals surface area contributed by atoms with E-state index in [1.165, 1.54) is 30.9 Å². The van der Waals surface area contributed by atoms with Gasteiger partial charge in [-0.25, -0.2) is 0 Å². The van der Waals surface area contributed by atoms with E-state index < -0.39 is 23.9 Å². The number of amides is 3. The number of aldehydes is 1. The molecule has 1 heterocycles.